The molecule has 21 heavy (non-hydrogen) atoms. The van der Waals surface area contributed by atoms with E-state index in [0.717, 1.165) is 5.56 Å². The molecule has 1 atom stereocenters. The van der Waals surface area contributed by atoms with E-state index in [9.17, 15) is 9.59 Å². The number of urea groups is 1. The van der Waals surface area contributed by atoms with Crippen LogP contribution in [0.4, 0.5) is 4.79 Å². The lowest BCUT2D eigenvalue weighted by atomic mass is 10.1. The van der Waals surface area contributed by atoms with E-state index in [-0.39, 0.29) is 0 Å². The molecule has 0 bridgehead atoms. The number of aliphatic carboxylic acids is 1. The minimum atomic E-state index is -1.03. The van der Waals surface area contributed by atoms with Gasteiger partial charge in [0.15, 0.2) is 0 Å². The summed E-state index contributed by atoms with van der Waals surface area (Å²) >= 11 is 11.8. The maximum atomic E-state index is 11.6. The van der Waals surface area contributed by atoms with Crippen molar-refractivity contribution in [2.75, 3.05) is 6.54 Å². The van der Waals surface area contributed by atoms with E-state index >= 15 is 0 Å². The van der Waals surface area contributed by atoms with E-state index in [0.29, 0.717) is 35.9 Å². The molecule has 0 unspecified atom stereocenters. The fourth-order valence-electron chi connectivity index (χ4n) is 1.79. The van der Waals surface area contributed by atoms with E-state index in [1.54, 1.807) is 18.2 Å². The second kappa shape index (κ2) is 8.74. The molecule has 0 aliphatic rings. The van der Waals surface area contributed by atoms with Gasteiger partial charge in [0.2, 0.25) is 0 Å². The van der Waals surface area contributed by atoms with Gasteiger partial charge in [-0.25, -0.2) is 9.59 Å². The maximum Gasteiger partial charge on any atom is 0.326 e. The number of carbonyl (C=O) groups is 2. The van der Waals surface area contributed by atoms with Gasteiger partial charge in [0.1, 0.15) is 6.04 Å². The Morgan fingerprint density at radius 3 is 2.62 bits per heavy atom. The minimum Gasteiger partial charge on any atom is -0.480 e. The zero-order chi connectivity index (χ0) is 15.8. The highest BCUT2D eigenvalue weighted by Crippen LogP contribution is 2.20. The molecular formula is C14H18Cl2N2O3. The third kappa shape index (κ3) is 6.23. The number of amides is 2. The van der Waals surface area contributed by atoms with Gasteiger partial charge in [-0.1, -0.05) is 42.6 Å². The summed E-state index contributed by atoms with van der Waals surface area (Å²) in [5.41, 5.74) is 0.865. The second-order valence-electron chi connectivity index (χ2n) is 4.57. The van der Waals surface area contributed by atoms with Gasteiger partial charge in [-0.05, 0) is 30.5 Å². The van der Waals surface area contributed by atoms with Gasteiger partial charge in [0.05, 0.1) is 0 Å². The van der Waals surface area contributed by atoms with Gasteiger partial charge >= 0.3 is 12.0 Å². The fraction of sp³-hybridized carbons (Fsp3) is 0.429. The summed E-state index contributed by atoms with van der Waals surface area (Å²) in [6.45, 7) is 2.21. The summed E-state index contributed by atoms with van der Waals surface area (Å²) in [5, 5.41) is 15.1. The lowest BCUT2D eigenvalue weighted by Gasteiger charge is -2.14. The number of carbonyl (C=O) groups excluding carboxylic acids is 1. The molecule has 0 aromatic heterocycles. The van der Waals surface area contributed by atoms with Crippen molar-refractivity contribution in [2.24, 2.45) is 0 Å². The molecule has 7 heteroatoms. The summed E-state index contributed by atoms with van der Waals surface area (Å²) in [5.74, 6) is -1.03. The van der Waals surface area contributed by atoms with E-state index in [1.165, 1.54) is 0 Å². The molecule has 0 aliphatic heterocycles. The third-order valence-corrected chi connectivity index (χ3v) is 3.46. The van der Waals surface area contributed by atoms with Gasteiger partial charge in [0, 0.05) is 16.6 Å². The van der Waals surface area contributed by atoms with Crippen LogP contribution in [0.1, 0.15) is 25.3 Å². The van der Waals surface area contributed by atoms with E-state index in [4.69, 9.17) is 28.3 Å². The van der Waals surface area contributed by atoms with E-state index in [1.807, 2.05) is 6.92 Å². The molecule has 0 radical (unpaired) electrons. The molecule has 2 amide bonds. The van der Waals surface area contributed by atoms with Crippen LogP contribution in [0, 0.1) is 0 Å². The smallest absolute Gasteiger partial charge is 0.326 e. The van der Waals surface area contributed by atoms with Crippen LogP contribution in [-0.4, -0.2) is 29.7 Å². The van der Waals surface area contributed by atoms with Crippen molar-refractivity contribution in [1.82, 2.24) is 10.6 Å². The highest BCUT2D eigenvalue weighted by molar-refractivity contribution is 6.35. The Morgan fingerprint density at radius 2 is 2.05 bits per heavy atom. The van der Waals surface area contributed by atoms with Crippen LogP contribution in [-0.2, 0) is 11.2 Å². The molecule has 1 rings (SSSR count). The largest absolute Gasteiger partial charge is 0.480 e. The summed E-state index contributed by atoms with van der Waals surface area (Å²) in [7, 11) is 0. The Bertz CT molecular complexity index is 509. The number of nitrogens with one attached hydrogen (secondary N) is 2. The monoisotopic (exact) mass is 332 g/mol. The summed E-state index contributed by atoms with van der Waals surface area (Å²) in [6, 6.07) is 3.79. The first-order chi connectivity index (χ1) is 9.93. The molecule has 3 N–H and O–H groups in total. The van der Waals surface area contributed by atoms with Crippen molar-refractivity contribution >= 4 is 35.2 Å². The van der Waals surface area contributed by atoms with Gasteiger partial charge in [-0.2, -0.15) is 0 Å². The first-order valence-corrected chi connectivity index (χ1v) is 7.40. The van der Waals surface area contributed by atoms with Gasteiger partial charge in [0.25, 0.3) is 0 Å². The standard InChI is InChI=1S/C14H18Cl2N2O3/c1-2-3-12(13(19)20)18-14(21)17-7-6-9-4-5-10(15)8-11(9)16/h4-5,8,12H,2-3,6-7H2,1H3,(H,19,20)(H2,17,18,21)/t12-/m0/s1. The maximum absolute atomic E-state index is 11.6. The molecule has 0 aliphatic carbocycles. The van der Waals surface area contributed by atoms with Crippen molar-refractivity contribution in [3.05, 3.63) is 33.8 Å². The second-order valence-corrected chi connectivity index (χ2v) is 5.41. The molecular weight excluding hydrogens is 315 g/mol. The lowest BCUT2D eigenvalue weighted by molar-refractivity contribution is -0.139. The van der Waals surface area contributed by atoms with Crippen LogP contribution in [0.2, 0.25) is 10.0 Å². The predicted octanol–water partition coefficient (Wildman–Crippen LogP) is 3.09. The molecule has 1 aromatic carbocycles. The number of carboxylic acids is 1. The third-order valence-electron chi connectivity index (χ3n) is 2.88. The summed E-state index contributed by atoms with van der Waals surface area (Å²) in [4.78, 5) is 22.5. The Kier molecular flexibility index (Phi) is 7.32. The first-order valence-electron chi connectivity index (χ1n) is 6.65. The number of carboxylic acid groups (broad SMARTS) is 1. The zero-order valence-electron chi connectivity index (χ0n) is 11.7. The summed E-state index contributed by atoms with van der Waals surface area (Å²) in [6.07, 6.45) is 1.61. The molecule has 0 saturated carbocycles. The van der Waals surface area contributed by atoms with Crippen molar-refractivity contribution < 1.29 is 14.7 Å². The van der Waals surface area contributed by atoms with Crippen molar-refractivity contribution in [3.8, 4) is 0 Å². The van der Waals surface area contributed by atoms with E-state index < -0.39 is 18.0 Å². The van der Waals surface area contributed by atoms with E-state index in [2.05, 4.69) is 10.6 Å². The molecule has 0 saturated heterocycles. The SMILES string of the molecule is CCC[C@H](NC(=O)NCCc1ccc(Cl)cc1Cl)C(=O)O. The quantitative estimate of drug-likeness (QED) is 0.717. The number of halogens is 2. The van der Waals surface area contributed by atoms with Gasteiger partial charge < -0.3 is 15.7 Å². The highest BCUT2D eigenvalue weighted by Gasteiger charge is 2.18. The Morgan fingerprint density at radius 1 is 1.33 bits per heavy atom. The van der Waals surface area contributed by atoms with Gasteiger partial charge in [-0.15, -0.1) is 0 Å². The van der Waals surface area contributed by atoms with Crippen LogP contribution in [0.15, 0.2) is 18.2 Å². The Balaban J connectivity index is 2.41. The van der Waals surface area contributed by atoms with Crippen molar-refractivity contribution in [1.29, 1.82) is 0 Å². The Hall–Kier alpha value is -1.46. The van der Waals surface area contributed by atoms with Crippen LogP contribution in [0.3, 0.4) is 0 Å². The van der Waals surface area contributed by atoms with Gasteiger partial charge in [-0.3, -0.25) is 0 Å². The first kappa shape index (κ1) is 17.6. The predicted molar refractivity (Wildman–Crippen MR) is 83.0 cm³/mol. The van der Waals surface area contributed by atoms with Crippen molar-refractivity contribution in [2.45, 2.75) is 32.2 Å². The molecule has 1 aromatic rings. The summed E-state index contributed by atoms with van der Waals surface area (Å²) < 4.78 is 0. The zero-order valence-corrected chi connectivity index (χ0v) is 13.2. The molecule has 0 spiro atoms. The number of rotatable bonds is 7. The Labute approximate surface area is 133 Å². The minimum absolute atomic E-state index is 0.353. The fourth-order valence-corrected chi connectivity index (χ4v) is 2.29. The normalized spacial score (nSPS) is 11.8. The molecule has 116 valence electrons. The number of hydrogen-bond acceptors (Lipinski definition) is 2. The van der Waals surface area contributed by atoms with Crippen LogP contribution < -0.4 is 10.6 Å². The van der Waals surface area contributed by atoms with Crippen molar-refractivity contribution in [3.63, 3.8) is 0 Å². The average Bonchev–Trinajstić information content (AvgIpc) is 2.40. The van der Waals surface area contributed by atoms with Crippen LogP contribution in [0.5, 0.6) is 0 Å². The molecule has 5 nitrogen and oxygen atoms in total. The number of benzene rings is 1. The van der Waals surface area contributed by atoms with Crippen LogP contribution >= 0.6 is 23.2 Å². The number of hydrogen-bond donors (Lipinski definition) is 3. The highest BCUT2D eigenvalue weighted by atomic mass is 35.5. The molecule has 0 heterocycles. The topological polar surface area (TPSA) is 78.4 Å². The average molecular weight is 333 g/mol. The van der Waals surface area contributed by atoms with Crippen LogP contribution in [0.25, 0.3) is 0 Å². The molecule has 0 fully saturated rings. The lowest BCUT2D eigenvalue weighted by Crippen LogP contribution is -2.46.